The first-order valence-corrected chi connectivity index (χ1v) is 14.4. The Hall–Kier alpha value is -1.26. The van der Waals surface area contributed by atoms with Crippen LogP contribution in [0.15, 0.2) is 0 Å². The number of aliphatic hydroxyl groups excluding tert-OH is 1. The van der Waals surface area contributed by atoms with Crippen LogP contribution < -0.4 is 0 Å². The summed E-state index contributed by atoms with van der Waals surface area (Å²) in [6.45, 7) is 5.66. The van der Waals surface area contributed by atoms with Gasteiger partial charge in [0, 0.05) is 31.1 Å². The Morgan fingerprint density at radius 2 is 1.27 bits per heavy atom. The average Bonchev–Trinajstić information content (AvgIpc) is 3.52. The molecule has 7 aliphatic rings. The summed E-state index contributed by atoms with van der Waals surface area (Å²) in [7, 11) is 0. The third-order valence-electron chi connectivity index (χ3n) is 11.3. The second kappa shape index (κ2) is 7.90. The fraction of sp³-hybridized carbons (Fsp3) is 0.929. The van der Waals surface area contributed by atoms with Crippen LogP contribution in [0.4, 0.5) is 0 Å². The lowest BCUT2D eigenvalue weighted by atomic mass is 9.66. The van der Waals surface area contributed by atoms with Crippen LogP contribution in [0.2, 0.25) is 0 Å². The first-order valence-electron chi connectivity index (χ1n) is 14.4. The molecule has 2 spiro atoms. The van der Waals surface area contributed by atoms with E-state index in [1.807, 2.05) is 20.8 Å². The molecule has 8 atom stereocenters. The van der Waals surface area contributed by atoms with E-state index in [1.54, 1.807) is 0 Å². The van der Waals surface area contributed by atoms with Gasteiger partial charge in [-0.05, 0) is 45.4 Å². The Balaban J connectivity index is 1.21. The van der Waals surface area contributed by atoms with E-state index >= 15 is 0 Å². The number of ether oxygens (including phenoxy) is 6. The number of carbonyl (C=O) groups excluding carboxylic acids is 2. The number of fused-ring (bicyclic) bond motifs is 5. The van der Waals surface area contributed by atoms with Crippen molar-refractivity contribution in [3.63, 3.8) is 0 Å². The highest BCUT2D eigenvalue weighted by Crippen LogP contribution is 2.66. The lowest BCUT2D eigenvalue weighted by Gasteiger charge is -2.42. The Kier molecular flexibility index (Phi) is 5.29. The van der Waals surface area contributed by atoms with Crippen LogP contribution >= 0.6 is 0 Å². The monoisotopic (exact) mass is 520 g/mol. The van der Waals surface area contributed by atoms with Gasteiger partial charge in [0.1, 0.15) is 30.5 Å². The molecule has 0 amide bonds. The van der Waals surface area contributed by atoms with Crippen molar-refractivity contribution in [3.8, 4) is 0 Å². The van der Waals surface area contributed by atoms with E-state index in [0.717, 1.165) is 64.2 Å². The van der Waals surface area contributed by atoms with Crippen molar-refractivity contribution in [1.82, 2.24) is 0 Å². The van der Waals surface area contributed by atoms with Gasteiger partial charge in [0.15, 0.2) is 17.7 Å². The van der Waals surface area contributed by atoms with Crippen molar-refractivity contribution >= 4 is 11.9 Å². The molecule has 7 rings (SSSR count). The summed E-state index contributed by atoms with van der Waals surface area (Å²) in [6, 6.07) is 0. The van der Waals surface area contributed by atoms with E-state index in [-0.39, 0.29) is 5.97 Å². The summed E-state index contributed by atoms with van der Waals surface area (Å²) in [5.41, 5.74) is -2.88. The van der Waals surface area contributed by atoms with Crippen LogP contribution in [0.5, 0.6) is 0 Å². The number of esters is 2. The molecule has 2 bridgehead atoms. The maximum absolute atomic E-state index is 13.9. The first kappa shape index (κ1) is 24.8. The van der Waals surface area contributed by atoms with Crippen LogP contribution in [-0.2, 0) is 38.0 Å². The minimum absolute atomic E-state index is 0.365. The smallest absolute Gasteiger partial charge is 0.351 e. The van der Waals surface area contributed by atoms with E-state index in [4.69, 9.17) is 28.4 Å². The number of hydrogen-bond acceptors (Lipinski definition) is 9. The summed E-state index contributed by atoms with van der Waals surface area (Å²) < 4.78 is 38.2. The fourth-order valence-corrected chi connectivity index (χ4v) is 8.43. The molecule has 0 aromatic rings. The third kappa shape index (κ3) is 3.15. The van der Waals surface area contributed by atoms with E-state index < -0.39 is 70.6 Å². The molecule has 3 saturated heterocycles. The summed E-state index contributed by atoms with van der Waals surface area (Å²) in [5, 5.41) is 11.7. The molecule has 1 N–H and O–H groups in total. The Morgan fingerprint density at radius 3 is 1.78 bits per heavy atom. The van der Waals surface area contributed by atoms with E-state index in [9.17, 15) is 14.7 Å². The molecule has 3 heterocycles. The Labute approximate surface area is 217 Å². The van der Waals surface area contributed by atoms with Gasteiger partial charge in [-0.1, -0.05) is 26.7 Å². The highest BCUT2D eigenvalue weighted by molar-refractivity contribution is 5.93. The molecule has 9 nitrogen and oxygen atoms in total. The van der Waals surface area contributed by atoms with Crippen LogP contribution in [0.3, 0.4) is 0 Å². The minimum atomic E-state index is -1.38. The maximum atomic E-state index is 13.9. The van der Waals surface area contributed by atoms with Crippen LogP contribution in [0.1, 0.15) is 97.8 Å². The van der Waals surface area contributed by atoms with Crippen molar-refractivity contribution in [3.05, 3.63) is 0 Å². The Morgan fingerprint density at radius 1 is 0.757 bits per heavy atom. The minimum Gasteiger partial charge on any atom is -0.454 e. The molecular weight excluding hydrogens is 480 g/mol. The number of rotatable bonds is 2. The lowest BCUT2D eigenvalue weighted by Crippen LogP contribution is -2.64. The van der Waals surface area contributed by atoms with Crippen molar-refractivity contribution in [2.24, 2.45) is 10.8 Å². The molecule has 0 aromatic heterocycles. The second-order valence-electron chi connectivity index (χ2n) is 13.3. The van der Waals surface area contributed by atoms with Gasteiger partial charge in [0.25, 0.3) is 0 Å². The largest absolute Gasteiger partial charge is 0.454 e. The van der Waals surface area contributed by atoms with E-state index in [1.165, 1.54) is 0 Å². The van der Waals surface area contributed by atoms with Crippen molar-refractivity contribution in [1.29, 1.82) is 0 Å². The standard InChI is InChI=1S/C28H40O9/c1-24(2)25(3)14-15-28(24,37-22(25)30)23(31)32-17-16(29)18-20(35-26(33-18)10-6-4-7-11-26)21-19(17)34-27(36-21)12-8-5-9-13-27/h16-21,29H,4-15H2,1-3H3/t16-,17-,18+,19-,20-,21-,25-,28-/m1/s1. The molecule has 0 radical (unpaired) electrons. The van der Waals surface area contributed by atoms with Crippen LogP contribution in [0, 0.1) is 10.8 Å². The quantitative estimate of drug-likeness (QED) is 0.549. The Bertz CT molecular complexity index is 982. The molecule has 4 saturated carbocycles. The number of hydrogen-bond donors (Lipinski definition) is 1. The number of carbonyl (C=O) groups is 2. The van der Waals surface area contributed by atoms with Crippen LogP contribution in [-0.4, -0.2) is 70.8 Å². The molecule has 37 heavy (non-hydrogen) atoms. The fourth-order valence-electron chi connectivity index (χ4n) is 8.43. The molecule has 7 fully saturated rings. The molecule has 0 unspecified atom stereocenters. The highest BCUT2D eigenvalue weighted by atomic mass is 16.8. The summed E-state index contributed by atoms with van der Waals surface area (Å²) in [4.78, 5) is 26.7. The molecular formula is C28H40O9. The van der Waals surface area contributed by atoms with Gasteiger partial charge in [-0.15, -0.1) is 0 Å². The van der Waals surface area contributed by atoms with Gasteiger partial charge in [0.05, 0.1) is 5.41 Å². The summed E-state index contributed by atoms with van der Waals surface area (Å²) >= 11 is 0. The highest BCUT2D eigenvalue weighted by Gasteiger charge is 2.77. The van der Waals surface area contributed by atoms with Gasteiger partial charge in [0.2, 0.25) is 5.60 Å². The lowest BCUT2D eigenvalue weighted by molar-refractivity contribution is -0.230. The van der Waals surface area contributed by atoms with Crippen LogP contribution in [0.25, 0.3) is 0 Å². The maximum Gasteiger partial charge on any atom is 0.351 e. The van der Waals surface area contributed by atoms with Gasteiger partial charge in [-0.2, -0.15) is 0 Å². The zero-order valence-corrected chi connectivity index (χ0v) is 22.2. The summed E-state index contributed by atoms with van der Waals surface area (Å²) in [6.07, 6.45) is 5.71. The zero-order valence-electron chi connectivity index (χ0n) is 22.2. The van der Waals surface area contributed by atoms with Gasteiger partial charge in [-0.3, -0.25) is 4.79 Å². The molecule has 3 aliphatic heterocycles. The predicted octanol–water partition coefficient (Wildman–Crippen LogP) is 3.28. The van der Waals surface area contributed by atoms with E-state index in [2.05, 4.69) is 0 Å². The number of aliphatic hydroxyl groups is 1. The molecule has 0 aromatic carbocycles. The third-order valence-corrected chi connectivity index (χ3v) is 11.3. The van der Waals surface area contributed by atoms with E-state index in [0.29, 0.717) is 12.8 Å². The van der Waals surface area contributed by atoms with Gasteiger partial charge < -0.3 is 33.5 Å². The molecule has 4 aliphatic carbocycles. The van der Waals surface area contributed by atoms with Crippen molar-refractivity contribution in [2.45, 2.75) is 152 Å². The zero-order chi connectivity index (χ0) is 25.8. The van der Waals surface area contributed by atoms with Gasteiger partial charge >= 0.3 is 11.9 Å². The topological polar surface area (TPSA) is 110 Å². The van der Waals surface area contributed by atoms with Gasteiger partial charge in [-0.25, -0.2) is 4.79 Å². The SMILES string of the molecule is CC1(C)[C@]2(C)CC[C@]1(C(=O)O[C@@H]1[C@@H](O)[C@@H]3OC4(CCCCC4)O[C@H]3[C@@H]3OC4(CCCCC4)O[C@@H]31)OC2=O. The summed E-state index contributed by atoms with van der Waals surface area (Å²) in [5.74, 6) is -2.48. The van der Waals surface area contributed by atoms with Crippen molar-refractivity contribution in [2.75, 3.05) is 0 Å². The average molecular weight is 521 g/mol. The van der Waals surface area contributed by atoms with Crippen molar-refractivity contribution < 1.29 is 43.1 Å². The molecule has 9 heteroatoms. The second-order valence-corrected chi connectivity index (χ2v) is 13.3. The molecule has 206 valence electrons. The first-order chi connectivity index (χ1) is 17.6. The normalized spacial score (nSPS) is 48.6. The predicted molar refractivity (Wildman–Crippen MR) is 127 cm³/mol.